The molecule has 8 heteroatoms. The lowest BCUT2D eigenvalue weighted by atomic mass is 10.0. The SMILES string of the molecule is O=[N+]([O-])c1cc(Cl)cnc1N[C@H]1CCOc2c(F)cccc21. The molecular weight excluding hydrogens is 313 g/mol. The first-order valence-electron chi connectivity index (χ1n) is 6.54. The number of hydrogen-bond acceptors (Lipinski definition) is 5. The van der Waals surface area contributed by atoms with Gasteiger partial charge in [0, 0.05) is 24.2 Å². The van der Waals surface area contributed by atoms with Gasteiger partial charge in [0.05, 0.1) is 22.6 Å². The molecule has 0 unspecified atom stereocenters. The van der Waals surface area contributed by atoms with Gasteiger partial charge in [0.2, 0.25) is 5.82 Å². The third-order valence-electron chi connectivity index (χ3n) is 3.37. The minimum absolute atomic E-state index is 0.0940. The average molecular weight is 324 g/mol. The summed E-state index contributed by atoms with van der Waals surface area (Å²) < 4.78 is 19.1. The standard InChI is InChI=1S/C14H11ClFN3O3/c15-8-6-12(19(20)21)14(17-7-8)18-11-4-5-22-13-9(11)2-1-3-10(13)16/h1-3,6-7,11H,4-5H2,(H,17,18)/t11-/m0/s1. The number of para-hydroxylation sites is 1. The van der Waals surface area contributed by atoms with E-state index in [0.717, 1.165) is 0 Å². The van der Waals surface area contributed by atoms with E-state index in [9.17, 15) is 14.5 Å². The highest BCUT2D eigenvalue weighted by molar-refractivity contribution is 6.30. The Morgan fingerprint density at radius 3 is 3.09 bits per heavy atom. The maximum atomic E-state index is 13.7. The van der Waals surface area contributed by atoms with Crippen LogP contribution >= 0.6 is 11.6 Å². The number of aromatic nitrogens is 1. The van der Waals surface area contributed by atoms with Crippen molar-refractivity contribution in [3.63, 3.8) is 0 Å². The van der Waals surface area contributed by atoms with Gasteiger partial charge in [-0.05, 0) is 6.07 Å². The number of nitrogens with zero attached hydrogens (tertiary/aromatic N) is 2. The fourth-order valence-corrected chi connectivity index (χ4v) is 2.53. The van der Waals surface area contributed by atoms with Crippen LogP contribution in [0, 0.1) is 15.9 Å². The first-order valence-corrected chi connectivity index (χ1v) is 6.91. The van der Waals surface area contributed by atoms with Crippen molar-refractivity contribution in [3.05, 3.63) is 57.0 Å². The second-order valence-corrected chi connectivity index (χ2v) is 5.21. The summed E-state index contributed by atoms with van der Waals surface area (Å²) in [5.74, 6) is -0.193. The molecule has 1 aliphatic rings. The molecule has 0 amide bonds. The molecule has 0 radical (unpaired) electrons. The Kier molecular flexibility index (Phi) is 3.81. The first-order chi connectivity index (χ1) is 10.6. The van der Waals surface area contributed by atoms with Crippen molar-refractivity contribution < 1.29 is 14.1 Å². The molecule has 2 heterocycles. The van der Waals surface area contributed by atoms with E-state index >= 15 is 0 Å². The first kappa shape index (κ1) is 14.5. The minimum atomic E-state index is -0.562. The van der Waals surface area contributed by atoms with E-state index in [0.29, 0.717) is 18.6 Å². The van der Waals surface area contributed by atoms with Crippen molar-refractivity contribution in [2.24, 2.45) is 0 Å². The van der Waals surface area contributed by atoms with Gasteiger partial charge in [0.1, 0.15) is 0 Å². The number of ether oxygens (including phenoxy) is 1. The number of rotatable bonds is 3. The van der Waals surface area contributed by atoms with Crippen LogP contribution < -0.4 is 10.1 Å². The molecule has 1 N–H and O–H groups in total. The molecule has 0 bridgehead atoms. The predicted octanol–water partition coefficient (Wildman–Crippen LogP) is 3.72. The van der Waals surface area contributed by atoms with Crippen molar-refractivity contribution >= 4 is 23.1 Å². The number of pyridine rings is 1. The van der Waals surface area contributed by atoms with Crippen LogP contribution in [0.2, 0.25) is 5.02 Å². The Hall–Kier alpha value is -2.41. The van der Waals surface area contributed by atoms with Crippen LogP contribution in [-0.2, 0) is 0 Å². The predicted molar refractivity (Wildman–Crippen MR) is 78.8 cm³/mol. The topological polar surface area (TPSA) is 77.3 Å². The van der Waals surface area contributed by atoms with Crippen LogP contribution in [0.3, 0.4) is 0 Å². The highest BCUT2D eigenvalue weighted by atomic mass is 35.5. The molecule has 0 saturated carbocycles. The zero-order chi connectivity index (χ0) is 15.7. The summed E-state index contributed by atoms with van der Waals surface area (Å²) in [6.07, 6.45) is 1.86. The Bertz CT molecular complexity index is 741. The smallest absolute Gasteiger partial charge is 0.312 e. The lowest BCUT2D eigenvalue weighted by Crippen LogP contribution is -2.22. The molecule has 22 heavy (non-hydrogen) atoms. The third kappa shape index (κ3) is 2.67. The molecule has 1 aromatic carbocycles. The van der Waals surface area contributed by atoms with Crippen molar-refractivity contribution in [1.82, 2.24) is 4.98 Å². The minimum Gasteiger partial charge on any atom is -0.490 e. The summed E-state index contributed by atoms with van der Waals surface area (Å²) >= 11 is 5.74. The van der Waals surface area contributed by atoms with Gasteiger partial charge in [-0.25, -0.2) is 9.37 Å². The highest BCUT2D eigenvalue weighted by Gasteiger charge is 2.26. The highest BCUT2D eigenvalue weighted by Crippen LogP contribution is 2.37. The molecule has 114 valence electrons. The lowest BCUT2D eigenvalue weighted by molar-refractivity contribution is -0.384. The van der Waals surface area contributed by atoms with Crippen molar-refractivity contribution in [2.75, 3.05) is 11.9 Å². The molecule has 3 rings (SSSR count). The van der Waals surface area contributed by atoms with Crippen LogP contribution in [0.25, 0.3) is 0 Å². The number of hydrogen-bond donors (Lipinski definition) is 1. The molecule has 2 aromatic rings. The second kappa shape index (κ2) is 5.76. The second-order valence-electron chi connectivity index (χ2n) is 4.77. The lowest BCUT2D eigenvalue weighted by Gasteiger charge is -2.27. The molecule has 1 aliphatic heterocycles. The number of nitrogens with one attached hydrogen (secondary N) is 1. The van der Waals surface area contributed by atoms with Crippen LogP contribution in [0.5, 0.6) is 5.75 Å². The van der Waals surface area contributed by atoms with E-state index in [1.54, 1.807) is 12.1 Å². The molecular formula is C14H11ClFN3O3. The number of halogens is 2. The summed E-state index contributed by atoms with van der Waals surface area (Å²) in [7, 11) is 0. The quantitative estimate of drug-likeness (QED) is 0.688. The Labute approximate surface area is 130 Å². The Morgan fingerprint density at radius 2 is 2.32 bits per heavy atom. The van der Waals surface area contributed by atoms with Gasteiger partial charge in [-0.2, -0.15) is 0 Å². The van der Waals surface area contributed by atoms with Crippen molar-refractivity contribution in [1.29, 1.82) is 0 Å². The number of anilines is 1. The van der Waals surface area contributed by atoms with Crippen LogP contribution in [0.1, 0.15) is 18.0 Å². The van der Waals surface area contributed by atoms with E-state index < -0.39 is 10.7 Å². The molecule has 0 fully saturated rings. The molecule has 6 nitrogen and oxygen atoms in total. The largest absolute Gasteiger partial charge is 0.490 e. The molecule has 1 aromatic heterocycles. The van der Waals surface area contributed by atoms with Crippen LogP contribution in [-0.4, -0.2) is 16.5 Å². The zero-order valence-electron chi connectivity index (χ0n) is 11.3. The number of fused-ring (bicyclic) bond motifs is 1. The Balaban J connectivity index is 1.96. The van der Waals surface area contributed by atoms with E-state index in [1.807, 2.05) is 0 Å². The molecule has 0 spiro atoms. The summed E-state index contributed by atoms with van der Waals surface area (Å²) in [6, 6.07) is 5.50. The zero-order valence-corrected chi connectivity index (χ0v) is 12.0. The number of benzene rings is 1. The van der Waals surface area contributed by atoms with Gasteiger partial charge in [-0.15, -0.1) is 0 Å². The van der Waals surface area contributed by atoms with Gasteiger partial charge < -0.3 is 10.1 Å². The maximum Gasteiger partial charge on any atom is 0.312 e. The van der Waals surface area contributed by atoms with Gasteiger partial charge in [-0.3, -0.25) is 10.1 Å². The fraction of sp³-hybridized carbons (Fsp3) is 0.214. The van der Waals surface area contributed by atoms with Crippen LogP contribution in [0.15, 0.2) is 30.5 Å². The van der Waals surface area contributed by atoms with E-state index in [2.05, 4.69) is 10.3 Å². The van der Waals surface area contributed by atoms with E-state index in [1.165, 1.54) is 18.3 Å². The molecule has 1 atom stereocenters. The van der Waals surface area contributed by atoms with Crippen LogP contribution in [0.4, 0.5) is 15.9 Å². The van der Waals surface area contributed by atoms with Crippen molar-refractivity contribution in [2.45, 2.75) is 12.5 Å². The maximum absolute atomic E-state index is 13.7. The molecule has 0 saturated heterocycles. The molecule has 0 aliphatic carbocycles. The third-order valence-corrected chi connectivity index (χ3v) is 3.57. The summed E-state index contributed by atoms with van der Waals surface area (Å²) in [5, 5.41) is 14.3. The van der Waals surface area contributed by atoms with Crippen molar-refractivity contribution in [3.8, 4) is 5.75 Å². The summed E-state index contributed by atoms with van der Waals surface area (Å²) in [5.41, 5.74) is 0.384. The monoisotopic (exact) mass is 323 g/mol. The van der Waals surface area contributed by atoms with Gasteiger partial charge >= 0.3 is 5.69 Å². The van der Waals surface area contributed by atoms with Gasteiger partial charge in [0.25, 0.3) is 0 Å². The summed E-state index contributed by atoms with van der Waals surface area (Å²) in [6.45, 7) is 0.312. The summed E-state index contributed by atoms with van der Waals surface area (Å²) in [4.78, 5) is 14.5. The fourth-order valence-electron chi connectivity index (χ4n) is 2.38. The van der Waals surface area contributed by atoms with Gasteiger partial charge in [0.15, 0.2) is 11.6 Å². The normalized spacial score (nSPS) is 16.5. The van der Waals surface area contributed by atoms with Gasteiger partial charge in [-0.1, -0.05) is 23.7 Å². The Morgan fingerprint density at radius 1 is 1.50 bits per heavy atom. The van der Waals surface area contributed by atoms with E-state index in [-0.39, 0.29) is 28.3 Å². The average Bonchev–Trinajstić information content (AvgIpc) is 2.50. The number of nitro groups is 1. The van der Waals surface area contributed by atoms with E-state index in [4.69, 9.17) is 16.3 Å².